The van der Waals surface area contributed by atoms with Crippen LogP contribution < -0.4 is 11.1 Å². The van der Waals surface area contributed by atoms with Gasteiger partial charge in [-0.2, -0.15) is 0 Å². The number of aromatic nitrogens is 2. The lowest BCUT2D eigenvalue weighted by molar-refractivity contribution is 0.0940. The Morgan fingerprint density at radius 2 is 2.06 bits per heavy atom. The van der Waals surface area contributed by atoms with E-state index < -0.39 is 0 Å². The van der Waals surface area contributed by atoms with Crippen molar-refractivity contribution < 1.29 is 4.79 Å². The minimum atomic E-state index is -0.195. The first kappa shape index (κ1) is 12.4. The summed E-state index contributed by atoms with van der Waals surface area (Å²) in [5, 5.41) is 10.2. The summed E-state index contributed by atoms with van der Waals surface area (Å²) in [5.74, 6) is 0.640. The highest BCUT2D eigenvalue weighted by molar-refractivity contribution is 5.92. The molecule has 0 aromatic carbocycles. The molecule has 0 aliphatic rings. The zero-order valence-corrected chi connectivity index (χ0v) is 9.73. The lowest BCUT2D eigenvalue weighted by Crippen LogP contribution is -2.29. The highest BCUT2D eigenvalue weighted by Gasteiger charge is 2.09. The van der Waals surface area contributed by atoms with Gasteiger partial charge in [-0.15, -0.1) is 10.2 Å². The number of nitrogens with two attached hydrogens (primary N) is 1. The van der Waals surface area contributed by atoms with Crippen LogP contribution in [0.1, 0.15) is 37.2 Å². The van der Waals surface area contributed by atoms with E-state index in [9.17, 15) is 4.79 Å². The van der Waals surface area contributed by atoms with E-state index in [0.717, 1.165) is 12.8 Å². The van der Waals surface area contributed by atoms with Gasteiger partial charge in [-0.3, -0.25) is 4.79 Å². The third kappa shape index (κ3) is 3.49. The number of nitrogens with one attached hydrogen (secondary N) is 1. The minimum absolute atomic E-state index is 0.195. The summed E-state index contributed by atoms with van der Waals surface area (Å²) >= 11 is 0. The number of hydrogen-bond acceptors (Lipinski definition) is 4. The van der Waals surface area contributed by atoms with Crippen LogP contribution in [-0.2, 0) is 0 Å². The first-order valence-corrected chi connectivity index (χ1v) is 5.54. The fourth-order valence-electron chi connectivity index (χ4n) is 1.37. The molecule has 0 saturated carbocycles. The molecule has 5 heteroatoms. The van der Waals surface area contributed by atoms with Crippen molar-refractivity contribution in [2.24, 2.45) is 5.92 Å². The lowest BCUT2D eigenvalue weighted by atomic mass is 10.0. The molecule has 3 N–H and O–H groups in total. The first-order valence-electron chi connectivity index (χ1n) is 5.54. The van der Waals surface area contributed by atoms with Crippen molar-refractivity contribution in [2.75, 3.05) is 12.3 Å². The third-order valence-corrected chi connectivity index (χ3v) is 2.62. The Bertz CT molecular complexity index is 332. The highest BCUT2D eigenvalue weighted by atomic mass is 16.1. The van der Waals surface area contributed by atoms with Crippen LogP contribution in [0, 0.1) is 5.92 Å². The Labute approximate surface area is 95.4 Å². The second-order valence-electron chi connectivity index (χ2n) is 3.74. The number of carbonyl (C=O) groups is 1. The molecule has 5 nitrogen and oxygen atoms in total. The highest BCUT2D eigenvalue weighted by Crippen LogP contribution is 2.05. The SMILES string of the molecule is CCC(CC)CNC(=O)c1ccc(N)nn1. The molecule has 1 rings (SSSR count). The molecule has 0 spiro atoms. The number of anilines is 1. The average Bonchev–Trinajstić information content (AvgIpc) is 2.31. The maximum Gasteiger partial charge on any atom is 0.271 e. The van der Waals surface area contributed by atoms with Gasteiger partial charge in [0.25, 0.3) is 5.91 Å². The minimum Gasteiger partial charge on any atom is -0.382 e. The Balaban J connectivity index is 2.49. The van der Waals surface area contributed by atoms with Crippen LogP contribution in [0.4, 0.5) is 5.82 Å². The molecule has 1 aromatic rings. The van der Waals surface area contributed by atoms with Gasteiger partial charge in [0.05, 0.1) is 0 Å². The molecule has 0 radical (unpaired) electrons. The molecule has 1 heterocycles. The molecule has 1 aromatic heterocycles. The summed E-state index contributed by atoms with van der Waals surface area (Å²) in [6, 6.07) is 3.14. The average molecular weight is 222 g/mol. The van der Waals surface area contributed by atoms with Gasteiger partial charge in [-0.05, 0) is 18.1 Å². The summed E-state index contributed by atoms with van der Waals surface area (Å²) in [6.45, 7) is 4.91. The molecule has 0 aliphatic heterocycles. The predicted octanol–water partition coefficient (Wildman–Crippen LogP) is 1.22. The van der Waals surface area contributed by atoms with Gasteiger partial charge < -0.3 is 11.1 Å². The molecule has 0 saturated heterocycles. The van der Waals surface area contributed by atoms with Crippen molar-refractivity contribution >= 4 is 11.7 Å². The number of carbonyl (C=O) groups excluding carboxylic acids is 1. The van der Waals surface area contributed by atoms with Crippen LogP contribution in [0.5, 0.6) is 0 Å². The summed E-state index contributed by atoms with van der Waals surface area (Å²) < 4.78 is 0. The van der Waals surface area contributed by atoms with E-state index in [2.05, 4.69) is 29.4 Å². The Hall–Kier alpha value is -1.65. The second kappa shape index (κ2) is 6.05. The molecule has 0 unspecified atom stereocenters. The van der Waals surface area contributed by atoms with Gasteiger partial charge in [-0.1, -0.05) is 26.7 Å². The van der Waals surface area contributed by atoms with E-state index in [1.54, 1.807) is 12.1 Å². The maximum atomic E-state index is 11.6. The van der Waals surface area contributed by atoms with Gasteiger partial charge in [0.1, 0.15) is 5.82 Å². The lowest BCUT2D eigenvalue weighted by Gasteiger charge is -2.12. The molecule has 0 bridgehead atoms. The van der Waals surface area contributed by atoms with E-state index in [1.165, 1.54) is 0 Å². The predicted molar refractivity (Wildman–Crippen MR) is 62.8 cm³/mol. The fourth-order valence-corrected chi connectivity index (χ4v) is 1.37. The number of rotatable bonds is 5. The van der Waals surface area contributed by atoms with Gasteiger partial charge in [0, 0.05) is 6.54 Å². The zero-order chi connectivity index (χ0) is 12.0. The van der Waals surface area contributed by atoms with E-state index in [0.29, 0.717) is 24.0 Å². The van der Waals surface area contributed by atoms with Gasteiger partial charge in [0.2, 0.25) is 0 Å². The normalized spacial score (nSPS) is 10.4. The molecule has 0 atom stereocenters. The summed E-state index contributed by atoms with van der Waals surface area (Å²) in [6.07, 6.45) is 2.12. The first-order chi connectivity index (χ1) is 7.67. The van der Waals surface area contributed by atoms with Crippen LogP contribution in [0.15, 0.2) is 12.1 Å². The van der Waals surface area contributed by atoms with Gasteiger partial charge >= 0.3 is 0 Å². The summed E-state index contributed by atoms with van der Waals surface area (Å²) in [5.41, 5.74) is 5.69. The summed E-state index contributed by atoms with van der Waals surface area (Å²) in [4.78, 5) is 11.6. The standard InChI is InChI=1S/C11H18N4O/c1-3-8(4-2)7-13-11(16)9-5-6-10(12)15-14-9/h5-6,8H,3-4,7H2,1-2H3,(H2,12,15)(H,13,16). The molecule has 1 amide bonds. The number of hydrogen-bond donors (Lipinski definition) is 2. The van der Waals surface area contributed by atoms with Crippen molar-refractivity contribution in [2.45, 2.75) is 26.7 Å². The van der Waals surface area contributed by atoms with Crippen molar-refractivity contribution in [1.82, 2.24) is 15.5 Å². The Morgan fingerprint density at radius 3 is 2.56 bits per heavy atom. The number of nitrogens with zero attached hydrogens (tertiary/aromatic N) is 2. The quantitative estimate of drug-likeness (QED) is 0.785. The number of amides is 1. The van der Waals surface area contributed by atoms with Crippen LogP contribution in [0.25, 0.3) is 0 Å². The molecular weight excluding hydrogens is 204 g/mol. The van der Waals surface area contributed by atoms with Crippen LogP contribution in [-0.4, -0.2) is 22.6 Å². The fraction of sp³-hybridized carbons (Fsp3) is 0.545. The largest absolute Gasteiger partial charge is 0.382 e. The van der Waals surface area contributed by atoms with E-state index in [-0.39, 0.29) is 5.91 Å². The molecule has 88 valence electrons. The molecular formula is C11H18N4O. The summed E-state index contributed by atoms with van der Waals surface area (Å²) in [7, 11) is 0. The Morgan fingerprint density at radius 1 is 1.38 bits per heavy atom. The zero-order valence-electron chi connectivity index (χ0n) is 9.73. The second-order valence-corrected chi connectivity index (χ2v) is 3.74. The van der Waals surface area contributed by atoms with Gasteiger partial charge in [-0.25, -0.2) is 0 Å². The van der Waals surface area contributed by atoms with Crippen LogP contribution in [0.3, 0.4) is 0 Å². The van der Waals surface area contributed by atoms with Gasteiger partial charge in [0.15, 0.2) is 5.69 Å². The topological polar surface area (TPSA) is 80.9 Å². The van der Waals surface area contributed by atoms with Crippen LogP contribution >= 0.6 is 0 Å². The van der Waals surface area contributed by atoms with Crippen molar-refractivity contribution in [3.05, 3.63) is 17.8 Å². The van der Waals surface area contributed by atoms with Crippen LogP contribution in [0.2, 0.25) is 0 Å². The molecule has 0 aliphatic carbocycles. The smallest absolute Gasteiger partial charge is 0.271 e. The van der Waals surface area contributed by atoms with Crippen molar-refractivity contribution in [1.29, 1.82) is 0 Å². The van der Waals surface area contributed by atoms with Crippen molar-refractivity contribution in [3.63, 3.8) is 0 Å². The molecule has 16 heavy (non-hydrogen) atoms. The number of nitrogen functional groups attached to an aromatic ring is 1. The third-order valence-electron chi connectivity index (χ3n) is 2.62. The van der Waals surface area contributed by atoms with E-state index in [1.807, 2.05) is 0 Å². The Kier molecular flexibility index (Phi) is 4.69. The molecule has 0 fully saturated rings. The van der Waals surface area contributed by atoms with E-state index >= 15 is 0 Å². The maximum absolute atomic E-state index is 11.6. The monoisotopic (exact) mass is 222 g/mol. The van der Waals surface area contributed by atoms with E-state index in [4.69, 9.17) is 5.73 Å². The van der Waals surface area contributed by atoms with Crippen molar-refractivity contribution in [3.8, 4) is 0 Å².